The van der Waals surface area contributed by atoms with Crippen LogP contribution in [-0.4, -0.2) is 77.0 Å². The smallest absolute Gasteiger partial charge is 0.217 e. The summed E-state index contributed by atoms with van der Waals surface area (Å²) in [4.78, 5) is 14.3. The van der Waals surface area contributed by atoms with Crippen molar-refractivity contribution in [2.45, 2.75) is 81.5 Å². The lowest BCUT2D eigenvalue weighted by molar-refractivity contribution is 0.116. The summed E-state index contributed by atoms with van der Waals surface area (Å²) in [5.74, 6) is 2.06. The first-order chi connectivity index (χ1) is 20.3. The lowest BCUT2D eigenvalue weighted by Crippen LogP contribution is -2.38. The van der Waals surface area contributed by atoms with E-state index in [0.29, 0.717) is 41.6 Å². The minimum atomic E-state index is -0.844. The van der Waals surface area contributed by atoms with Gasteiger partial charge in [0.05, 0.1) is 16.7 Å². The van der Waals surface area contributed by atoms with Gasteiger partial charge in [-0.05, 0) is 89.7 Å². The second-order valence-electron chi connectivity index (χ2n) is 12.8. The fourth-order valence-corrected chi connectivity index (χ4v) is 8.04. The van der Waals surface area contributed by atoms with Crippen LogP contribution in [0.15, 0.2) is 22.7 Å². The molecule has 42 heavy (non-hydrogen) atoms. The average Bonchev–Trinajstić information content (AvgIpc) is 3.75. The lowest BCUT2D eigenvalue weighted by Gasteiger charge is -2.33. The van der Waals surface area contributed by atoms with Crippen LogP contribution in [0.4, 0.5) is 10.1 Å². The summed E-state index contributed by atoms with van der Waals surface area (Å²) in [5, 5.41) is 14.7. The Morgan fingerprint density at radius 2 is 2.07 bits per heavy atom. The highest BCUT2D eigenvalue weighted by atomic mass is 19.1. The van der Waals surface area contributed by atoms with Crippen LogP contribution in [-0.2, 0) is 18.3 Å². The summed E-state index contributed by atoms with van der Waals surface area (Å²) >= 11 is 0. The number of aryl methyl sites for hydroxylation is 1. The number of rotatable bonds is 5. The number of likely N-dealkylation sites (tertiary alicyclic amines) is 2. The maximum Gasteiger partial charge on any atom is 0.217 e. The summed E-state index contributed by atoms with van der Waals surface area (Å²) < 4.78 is 26.8. The molecule has 2 aliphatic carbocycles. The van der Waals surface area contributed by atoms with Gasteiger partial charge >= 0.3 is 0 Å². The number of ether oxygens (including phenoxy) is 1. The Hall–Kier alpha value is -3.55. The normalized spacial score (nSPS) is 28.1. The Labute approximate surface area is 245 Å². The number of anilines is 1. The second-order valence-corrected chi connectivity index (χ2v) is 12.8. The number of nitrogen functional groups attached to an aromatic ring is 1. The van der Waals surface area contributed by atoms with E-state index in [4.69, 9.17) is 25.0 Å². The van der Waals surface area contributed by atoms with Crippen LogP contribution in [0, 0.1) is 11.3 Å². The number of halogens is 1. The van der Waals surface area contributed by atoms with E-state index in [-0.39, 0.29) is 18.1 Å². The van der Waals surface area contributed by atoms with Crippen molar-refractivity contribution in [2.75, 3.05) is 39.5 Å². The van der Waals surface area contributed by atoms with Crippen LogP contribution in [0.2, 0.25) is 0 Å². The number of hydrogen-bond donors (Lipinski definition) is 1. The van der Waals surface area contributed by atoms with Crippen LogP contribution >= 0.6 is 0 Å². The molecule has 1 spiro atoms. The van der Waals surface area contributed by atoms with E-state index >= 15 is 0 Å². The summed E-state index contributed by atoms with van der Waals surface area (Å²) in [6.45, 7) is 4.33. The molecular weight excluding hydrogens is 533 g/mol. The molecule has 4 heterocycles. The SMILES string of the molecule is C[C@H](Oc1cc([C@H]2CCN(C)C2)nc(-c2noc3c2CCC[C@@]32CCc3ccc(N)c(C#N)c32)n1)[C@@H]1C[C@@H](F)CN1C. The zero-order chi connectivity index (χ0) is 29.2. The number of fused-ring (bicyclic) bond motifs is 4. The van der Waals surface area contributed by atoms with Crippen molar-refractivity contribution in [3.63, 3.8) is 0 Å². The van der Waals surface area contributed by atoms with Gasteiger partial charge < -0.3 is 19.9 Å². The van der Waals surface area contributed by atoms with E-state index < -0.39 is 11.6 Å². The van der Waals surface area contributed by atoms with Crippen molar-refractivity contribution in [1.29, 1.82) is 5.26 Å². The van der Waals surface area contributed by atoms with Crippen molar-refractivity contribution < 1.29 is 13.7 Å². The van der Waals surface area contributed by atoms with Crippen LogP contribution < -0.4 is 10.5 Å². The molecule has 2 aliphatic heterocycles. The summed E-state index contributed by atoms with van der Waals surface area (Å²) in [6, 6.07) is 8.19. The number of benzene rings is 1. The average molecular weight is 572 g/mol. The molecule has 2 N–H and O–H groups in total. The summed E-state index contributed by atoms with van der Waals surface area (Å²) in [6.07, 6.45) is 4.71. The first-order valence-corrected chi connectivity index (χ1v) is 15.2. The highest BCUT2D eigenvalue weighted by Crippen LogP contribution is 2.54. The van der Waals surface area contributed by atoms with Crippen molar-refractivity contribution in [3.05, 3.63) is 51.9 Å². The quantitative estimate of drug-likeness (QED) is 0.445. The van der Waals surface area contributed by atoms with Gasteiger partial charge in [0, 0.05) is 42.4 Å². The van der Waals surface area contributed by atoms with Gasteiger partial charge in [0.25, 0.3) is 0 Å². The number of nitriles is 1. The summed E-state index contributed by atoms with van der Waals surface area (Å²) in [7, 11) is 4.07. The molecule has 7 rings (SSSR count). The minimum Gasteiger partial charge on any atom is -0.473 e. The molecule has 2 fully saturated rings. The second kappa shape index (κ2) is 10.3. The van der Waals surface area contributed by atoms with Crippen molar-refractivity contribution in [3.8, 4) is 23.5 Å². The van der Waals surface area contributed by atoms with Gasteiger partial charge in [-0.2, -0.15) is 10.2 Å². The fraction of sp³-hybridized carbons (Fsp3) is 0.562. The van der Waals surface area contributed by atoms with E-state index in [1.807, 2.05) is 31.0 Å². The molecule has 220 valence electrons. The van der Waals surface area contributed by atoms with Crippen LogP contribution in [0.5, 0.6) is 5.88 Å². The molecule has 4 aliphatic rings. The van der Waals surface area contributed by atoms with Gasteiger partial charge in [0.2, 0.25) is 5.88 Å². The zero-order valence-corrected chi connectivity index (χ0v) is 24.6. The first kappa shape index (κ1) is 27.3. The lowest BCUT2D eigenvalue weighted by atomic mass is 9.68. The predicted molar refractivity (Wildman–Crippen MR) is 156 cm³/mol. The standard InChI is InChI=1S/C32H38FN7O2/c1-18(26-13-21(33)17-40(26)3)41-27-14-25(20-9-12-39(2)16-20)36-31(37-27)29-22-5-4-10-32(30(22)42-38-29)11-8-19-6-7-24(35)23(15-34)28(19)32/h6-7,14,18,20-21,26H,4-5,8-13,16-17,35H2,1-3H3/t18-,20-,21+,26-,32-/m0/s1. The van der Waals surface area contributed by atoms with E-state index in [1.165, 1.54) is 0 Å². The Morgan fingerprint density at radius 1 is 1.21 bits per heavy atom. The number of nitrogens with two attached hydrogens (primary N) is 1. The molecule has 2 saturated heterocycles. The van der Waals surface area contributed by atoms with Gasteiger partial charge in [-0.1, -0.05) is 11.2 Å². The van der Waals surface area contributed by atoms with E-state index in [9.17, 15) is 9.65 Å². The Kier molecular flexibility index (Phi) is 6.70. The Balaban J connectivity index is 1.30. The van der Waals surface area contributed by atoms with E-state index in [0.717, 1.165) is 79.8 Å². The summed E-state index contributed by atoms with van der Waals surface area (Å²) in [5.41, 5.74) is 11.7. The van der Waals surface area contributed by atoms with Crippen LogP contribution in [0.25, 0.3) is 11.5 Å². The number of aromatic nitrogens is 3. The molecule has 1 aromatic carbocycles. The molecule has 0 amide bonds. The number of nitrogens with zero attached hydrogens (tertiary/aromatic N) is 6. The molecule has 0 saturated carbocycles. The molecule has 3 aromatic rings. The highest BCUT2D eigenvalue weighted by molar-refractivity contribution is 5.68. The molecule has 0 radical (unpaired) electrons. The third kappa shape index (κ3) is 4.36. The van der Waals surface area contributed by atoms with Gasteiger partial charge in [-0.3, -0.25) is 4.90 Å². The third-order valence-corrected chi connectivity index (χ3v) is 10.1. The van der Waals surface area contributed by atoms with E-state index in [2.05, 4.69) is 29.2 Å². The fourth-order valence-electron chi connectivity index (χ4n) is 8.04. The zero-order valence-electron chi connectivity index (χ0n) is 24.6. The maximum absolute atomic E-state index is 14.2. The van der Waals surface area contributed by atoms with E-state index in [1.54, 1.807) is 0 Å². The van der Waals surface area contributed by atoms with Crippen molar-refractivity contribution in [1.82, 2.24) is 24.9 Å². The van der Waals surface area contributed by atoms with Crippen molar-refractivity contribution >= 4 is 5.69 Å². The van der Waals surface area contributed by atoms with Crippen LogP contribution in [0.1, 0.15) is 78.7 Å². The first-order valence-electron chi connectivity index (χ1n) is 15.2. The predicted octanol–water partition coefficient (Wildman–Crippen LogP) is 4.38. The molecule has 2 aromatic heterocycles. The monoisotopic (exact) mass is 571 g/mol. The largest absolute Gasteiger partial charge is 0.473 e. The Morgan fingerprint density at radius 3 is 2.81 bits per heavy atom. The molecule has 0 bridgehead atoms. The Bertz CT molecular complexity index is 1570. The van der Waals surface area contributed by atoms with Crippen molar-refractivity contribution in [2.24, 2.45) is 0 Å². The number of likely N-dealkylation sites (N-methyl/N-ethyl adjacent to an activating group) is 2. The molecule has 9 nitrogen and oxygen atoms in total. The van der Waals surface area contributed by atoms with Gasteiger partial charge in [-0.15, -0.1) is 0 Å². The van der Waals surface area contributed by atoms with Crippen LogP contribution in [0.3, 0.4) is 0 Å². The minimum absolute atomic E-state index is 0.0247. The van der Waals surface area contributed by atoms with Gasteiger partial charge in [0.1, 0.15) is 18.3 Å². The topological polar surface area (TPSA) is 117 Å². The molecule has 10 heteroatoms. The number of alkyl halides is 1. The van der Waals surface area contributed by atoms with Gasteiger partial charge in [0.15, 0.2) is 17.3 Å². The molecule has 0 unspecified atom stereocenters. The van der Waals surface area contributed by atoms with Gasteiger partial charge in [-0.25, -0.2) is 9.37 Å². The number of hydrogen-bond acceptors (Lipinski definition) is 9. The highest BCUT2D eigenvalue weighted by Gasteiger charge is 2.49. The maximum atomic E-state index is 14.2. The molecule has 5 atom stereocenters. The third-order valence-electron chi connectivity index (χ3n) is 10.1. The molecular formula is C32H38FN7O2.